The highest BCUT2D eigenvalue weighted by Gasteiger charge is 2.09. The van der Waals surface area contributed by atoms with Crippen LogP contribution in [0.5, 0.6) is 0 Å². The van der Waals surface area contributed by atoms with Crippen LogP contribution >= 0.6 is 0 Å². The predicted molar refractivity (Wildman–Crippen MR) is 86.1 cm³/mol. The molecule has 0 aliphatic heterocycles. The van der Waals surface area contributed by atoms with E-state index in [1.54, 1.807) is 0 Å². The molecular formula is C18H24N2O. The third-order valence-electron chi connectivity index (χ3n) is 3.62. The van der Waals surface area contributed by atoms with Crippen LogP contribution in [0.4, 0.5) is 0 Å². The Hall–Kier alpha value is -1.71. The number of aliphatic hydroxyl groups excluding tert-OH is 1. The predicted octanol–water partition coefficient (Wildman–Crippen LogP) is 3.25. The summed E-state index contributed by atoms with van der Waals surface area (Å²) in [6.45, 7) is 5.70. The fourth-order valence-electron chi connectivity index (χ4n) is 2.34. The lowest BCUT2D eigenvalue weighted by Crippen LogP contribution is -2.21. The third kappa shape index (κ3) is 4.96. The molecule has 0 fully saturated rings. The van der Waals surface area contributed by atoms with Gasteiger partial charge in [0, 0.05) is 18.8 Å². The van der Waals surface area contributed by atoms with Gasteiger partial charge in [-0.3, -0.25) is 4.98 Å². The zero-order chi connectivity index (χ0) is 15.2. The summed E-state index contributed by atoms with van der Waals surface area (Å²) in [5, 5.41) is 10.2. The maximum Gasteiger partial charge on any atom is 0.0802 e. The van der Waals surface area contributed by atoms with Gasteiger partial charge in [-0.2, -0.15) is 0 Å². The zero-order valence-electron chi connectivity index (χ0n) is 13.1. The highest BCUT2D eigenvalue weighted by Crippen LogP contribution is 2.17. The van der Waals surface area contributed by atoms with E-state index in [2.05, 4.69) is 23.9 Å². The van der Waals surface area contributed by atoms with Crippen LogP contribution in [0.1, 0.15) is 35.0 Å². The van der Waals surface area contributed by atoms with E-state index >= 15 is 0 Å². The summed E-state index contributed by atoms with van der Waals surface area (Å²) >= 11 is 0. The van der Waals surface area contributed by atoms with Crippen LogP contribution < -0.4 is 0 Å². The molecule has 21 heavy (non-hydrogen) atoms. The normalized spacial score (nSPS) is 12.6. The van der Waals surface area contributed by atoms with E-state index in [9.17, 15) is 5.11 Å². The van der Waals surface area contributed by atoms with Gasteiger partial charge in [-0.15, -0.1) is 0 Å². The van der Waals surface area contributed by atoms with Gasteiger partial charge >= 0.3 is 0 Å². The van der Waals surface area contributed by atoms with Crippen molar-refractivity contribution in [3.8, 4) is 0 Å². The molecule has 112 valence electrons. The van der Waals surface area contributed by atoms with E-state index in [1.165, 1.54) is 5.56 Å². The van der Waals surface area contributed by atoms with Crippen molar-refractivity contribution in [3.63, 3.8) is 0 Å². The second kappa shape index (κ2) is 7.34. The lowest BCUT2D eigenvalue weighted by atomic mass is 10.0. The van der Waals surface area contributed by atoms with Crippen LogP contribution in [0.25, 0.3) is 0 Å². The first-order chi connectivity index (χ1) is 10.0. The fraction of sp³-hybridized carbons (Fsp3) is 0.389. The molecule has 1 aromatic heterocycles. The van der Waals surface area contributed by atoms with E-state index in [1.807, 2.05) is 49.4 Å². The number of pyridine rings is 1. The van der Waals surface area contributed by atoms with Crippen molar-refractivity contribution in [2.45, 2.75) is 32.9 Å². The summed E-state index contributed by atoms with van der Waals surface area (Å²) in [6, 6.07) is 14.2. The van der Waals surface area contributed by atoms with Crippen molar-refractivity contribution in [2.24, 2.45) is 0 Å². The Morgan fingerprint density at radius 3 is 2.48 bits per heavy atom. The van der Waals surface area contributed by atoms with Gasteiger partial charge in [-0.05, 0) is 45.0 Å². The van der Waals surface area contributed by atoms with E-state index in [0.29, 0.717) is 0 Å². The molecule has 3 heteroatoms. The highest BCUT2D eigenvalue weighted by atomic mass is 16.3. The Kier molecular flexibility index (Phi) is 5.48. The second-order valence-corrected chi connectivity index (χ2v) is 5.72. The molecule has 1 heterocycles. The Balaban J connectivity index is 1.83. The molecule has 0 spiro atoms. The van der Waals surface area contributed by atoms with Crippen molar-refractivity contribution >= 4 is 0 Å². The quantitative estimate of drug-likeness (QED) is 0.884. The first kappa shape index (κ1) is 15.7. The number of rotatable bonds is 6. The first-order valence-electron chi connectivity index (χ1n) is 7.40. The van der Waals surface area contributed by atoms with Crippen LogP contribution in [-0.4, -0.2) is 28.6 Å². The standard InChI is InChI=1S/C18H24N2O/c1-14-7-9-16(10-8-14)18(21)11-12-20(3)13-17-6-4-5-15(2)19-17/h4-10,18,21H,11-13H2,1-3H3. The number of aromatic nitrogens is 1. The zero-order valence-corrected chi connectivity index (χ0v) is 13.1. The van der Waals surface area contributed by atoms with Gasteiger partial charge in [0.05, 0.1) is 11.8 Å². The smallest absolute Gasteiger partial charge is 0.0802 e. The van der Waals surface area contributed by atoms with Crippen LogP contribution in [0.3, 0.4) is 0 Å². The Morgan fingerprint density at radius 2 is 1.81 bits per heavy atom. The van der Waals surface area contributed by atoms with Crippen LogP contribution in [0, 0.1) is 13.8 Å². The number of aliphatic hydroxyl groups is 1. The first-order valence-corrected chi connectivity index (χ1v) is 7.40. The van der Waals surface area contributed by atoms with Crippen molar-refractivity contribution in [1.29, 1.82) is 0 Å². The van der Waals surface area contributed by atoms with Crippen molar-refractivity contribution in [1.82, 2.24) is 9.88 Å². The number of aryl methyl sites for hydroxylation is 2. The van der Waals surface area contributed by atoms with Gasteiger partial charge in [0.15, 0.2) is 0 Å². The number of nitrogens with zero attached hydrogens (tertiary/aromatic N) is 2. The monoisotopic (exact) mass is 284 g/mol. The molecule has 1 N–H and O–H groups in total. The summed E-state index contributed by atoms with van der Waals surface area (Å²) < 4.78 is 0. The topological polar surface area (TPSA) is 36.4 Å². The Bertz CT molecular complexity index is 566. The summed E-state index contributed by atoms with van der Waals surface area (Å²) in [6.07, 6.45) is 0.323. The minimum atomic E-state index is -0.404. The average Bonchev–Trinajstić information content (AvgIpc) is 2.45. The molecule has 0 amide bonds. The molecular weight excluding hydrogens is 260 g/mol. The number of benzene rings is 1. The molecule has 0 radical (unpaired) electrons. The largest absolute Gasteiger partial charge is 0.388 e. The van der Waals surface area contributed by atoms with Crippen molar-refractivity contribution in [3.05, 3.63) is 65.0 Å². The maximum absolute atomic E-state index is 10.2. The molecule has 1 atom stereocenters. The number of hydrogen-bond donors (Lipinski definition) is 1. The molecule has 0 aliphatic rings. The Morgan fingerprint density at radius 1 is 1.10 bits per heavy atom. The summed E-state index contributed by atoms with van der Waals surface area (Å²) in [7, 11) is 2.06. The van der Waals surface area contributed by atoms with Gasteiger partial charge in [-0.1, -0.05) is 35.9 Å². The molecule has 1 unspecified atom stereocenters. The van der Waals surface area contributed by atoms with Crippen LogP contribution in [-0.2, 0) is 6.54 Å². The SMILES string of the molecule is Cc1ccc(C(O)CCN(C)Cc2cccc(C)n2)cc1. The Labute approximate surface area is 127 Å². The van der Waals surface area contributed by atoms with E-state index in [4.69, 9.17) is 0 Å². The molecule has 0 saturated carbocycles. The van der Waals surface area contributed by atoms with Crippen LogP contribution in [0.2, 0.25) is 0 Å². The van der Waals surface area contributed by atoms with Gasteiger partial charge in [0.1, 0.15) is 0 Å². The maximum atomic E-state index is 10.2. The van der Waals surface area contributed by atoms with Gasteiger partial charge < -0.3 is 10.0 Å². The third-order valence-corrected chi connectivity index (χ3v) is 3.62. The summed E-state index contributed by atoms with van der Waals surface area (Å²) in [4.78, 5) is 6.70. The van der Waals surface area contributed by atoms with Crippen LogP contribution in [0.15, 0.2) is 42.5 Å². The highest BCUT2D eigenvalue weighted by molar-refractivity contribution is 5.23. The molecule has 0 saturated heterocycles. The minimum absolute atomic E-state index is 0.404. The minimum Gasteiger partial charge on any atom is -0.388 e. The van der Waals surface area contributed by atoms with Gasteiger partial charge in [0.25, 0.3) is 0 Å². The van der Waals surface area contributed by atoms with E-state index in [0.717, 1.165) is 36.5 Å². The summed E-state index contributed by atoms with van der Waals surface area (Å²) in [5.41, 5.74) is 4.32. The average molecular weight is 284 g/mol. The lowest BCUT2D eigenvalue weighted by Gasteiger charge is -2.19. The molecule has 3 nitrogen and oxygen atoms in total. The van der Waals surface area contributed by atoms with Gasteiger partial charge in [-0.25, -0.2) is 0 Å². The van der Waals surface area contributed by atoms with Crippen molar-refractivity contribution in [2.75, 3.05) is 13.6 Å². The lowest BCUT2D eigenvalue weighted by molar-refractivity contribution is 0.147. The number of hydrogen-bond acceptors (Lipinski definition) is 3. The van der Waals surface area contributed by atoms with E-state index in [-0.39, 0.29) is 0 Å². The molecule has 0 aliphatic carbocycles. The second-order valence-electron chi connectivity index (χ2n) is 5.72. The molecule has 1 aromatic carbocycles. The molecule has 0 bridgehead atoms. The fourth-order valence-corrected chi connectivity index (χ4v) is 2.34. The molecule has 2 rings (SSSR count). The summed E-state index contributed by atoms with van der Waals surface area (Å²) in [5.74, 6) is 0. The molecule has 2 aromatic rings. The van der Waals surface area contributed by atoms with E-state index < -0.39 is 6.10 Å². The van der Waals surface area contributed by atoms with Gasteiger partial charge in [0.2, 0.25) is 0 Å². The van der Waals surface area contributed by atoms with Crippen molar-refractivity contribution < 1.29 is 5.11 Å².